The maximum atomic E-state index is 13.0. The molecule has 3 rings (SSSR count). The van der Waals surface area contributed by atoms with Gasteiger partial charge in [-0.2, -0.15) is 0 Å². The average molecular weight is 538 g/mol. The summed E-state index contributed by atoms with van der Waals surface area (Å²) in [6.45, 7) is 21.3. The summed E-state index contributed by atoms with van der Waals surface area (Å²) < 4.78 is 22.5. The molecule has 0 unspecified atom stereocenters. The van der Waals surface area contributed by atoms with E-state index in [9.17, 15) is 9.90 Å². The van der Waals surface area contributed by atoms with Crippen LogP contribution in [0, 0.1) is 32.3 Å². The number of carbonyl (C=O) groups excluding carboxylic acids is 1. The molecule has 7 heteroatoms. The molecule has 0 heterocycles. The van der Waals surface area contributed by atoms with E-state index >= 15 is 0 Å². The van der Waals surface area contributed by atoms with E-state index in [2.05, 4.69) is 20.0 Å². The second-order valence-corrected chi connectivity index (χ2v) is 8.97. The maximum Gasteiger partial charge on any atom is 0 e. The van der Waals surface area contributed by atoms with Gasteiger partial charge in [0, 0.05) is 41.9 Å². The van der Waals surface area contributed by atoms with Crippen LogP contribution in [0.2, 0.25) is 0 Å². The Morgan fingerprint density at radius 3 is 1.57 bits per heavy atom. The minimum atomic E-state index is -1.21. The fourth-order valence-electron chi connectivity index (χ4n) is 4.02. The number of benzene rings is 3. The first-order valence-corrected chi connectivity index (χ1v) is 11.0. The Labute approximate surface area is 230 Å². The predicted octanol–water partition coefficient (Wildman–Crippen LogP) is 5.37. The predicted molar refractivity (Wildman–Crippen MR) is 135 cm³/mol. The van der Waals surface area contributed by atoms with Crippen molar-refractivity contribution in [2.24, 2.45) is 5.41 Å². The van der Waals surface area contributed by atoms with Crippen LogP contribution < -0.4 is 4.90 Å². The zero-order valence-corrected chi connectivity index (χ0v) is 22.9. The molecule has 0 saturated heterocycles. The number of para-hydroxylation sites is 1. The molecule has 6 nitrogen and oxygen atoms in total. The standard InChI is InChI=1S/C27H31NO2.3CO.Cr/c1-20-13-12-14-21(24(20)28(5)25(29)26(2,3)4)19-27(30,22-15-8-6-9-16-22)23-17-10-7-11-18-23;3*1-2;/h6-18,30H,19H2,1-5H3;;;;. The van der Waals surface area contributed by atoms with Gasteiger partial charge in [0.25, 0.3) is 0 Å². The summed E-state index contributed by atoms with van der Waals surface area (Å²) >= 11 is 0. The van der Waals surface area contributed by atoms with Gasteiger partial charge in [0.05, 0.1) is 0 Å². The molecule has 0 aliphatic carbocycles. The molecule has 37 heavy (non-hydrogen) atoms. The Hall–Kier alpha value is -3.16. The van der Waals surface area contributed by atoms with Crippen molar-refractivity contribution >= 4 is 11.6 Å². The Bertz CT molecular complexity index is 1100. The van der Waals surface area contributed by atoms with E-state index in [1.807, 2.05) is 114 Å². The van der Waals surface area contributed by atoms with Gasteiger partial charge in [-0.1, -0.05) is 99.6 Å². The van der Waals surface area contributed by atoms with E-state index in [1.165, 1.54) is 0 Å². The van der Waals surface area contributed by atoms with Gasteiger partial charge in [0.2, 0.25) is 5.91 Å². The van der Waals surface area contributed by atoms with Crippen LogP contribution in [-0.2, 0) is 48.1 Å². The van der Waals surface area contributed by atoms with Gasteiger partial charge < -0.3 is 10.0 Å². The molecule has 3 aromatic carbocycles. The third kappa shape index (κ3) is 9.34. The van der Waals surface area contributed by atoms with Crippen molar-refractivity contribution < 1.29 is 41.2 Å². The number of aryl methyl sites for hydroxylation is 1. The van der Waals surface area contributed by atoms with Crippen molar-refractivity contribution in [3.05, 3.63) is 121 Å². The smallest absolute Gasteiger partial charge is 0 e. The summed E-state index contributed by atoms with van der Waals surface area (Å²) in [7, 11) is 1.82. The molecule has 0 radical (unpaired) electrons. The molecular weight excluding hydrogens is 506 g/mol. The second kappa shape index (κ2) is 17.3. The SMILES string of the molecule is Cc1cccc(CC(O)(c2ccccc2)c2ccccc2)c1N(C)C(=O)C(C)(C)C.[C-]#[O+].[C-]#[O+].[C-]#[O+].[Cr]. The van der Waals surface area contributed by atoms with Crippen molar-refractivity contribution in [2.75, 3.05) is 11.9 Å². The quantitative estimate of drug-likeness (QED) is 0.350. The first-order valence-electron chi connectivity index (χ1n) is 11.0. The van der Waals surface area contributed by atoms with Crippen LogP contribution >= 0.6 is 0 Å². The molecule has 0 atom stereocenters. The minimum absolute atomic E-state index is 0. The first kappa shape index (κ1) is 36.0. The first-order chi connectivity index (χ1) is 17.1. The van der Waals surface area contributed by atoms with E-state index in [4.69, 9.17) is 14.0 Å². The average Bonchev–Trinajstić information content (AvgIpc) is 2.92. The number of nitrogens with zero attached hydrogens (tertiary/aromatic N) is 1. The Morgan fingerprint density at radius 2 is 1.19 bits per heavy atom. The normalized spacial score (nSPS) is 9.84. The van der Waals surface area contributed by atoms with Crippen LogP contribution in [0.4, 0.5) is 5.69 Å². The zero-order chi connectivity index (χ0) is 27.9. The molecule has 0 spiro atoms. The molecule has 0 aliphatic rings. The monoisotopic (exact) mass is 537 g/mol. The molecule has 0 saturated carbocycles. The maximum absolute atomic E-state index is 13.0. The Balaban J connectivity index is 0. The van der Waals surface area contributed by atoms with Gasteiger partial charge >= 0.3 is 33.9 Å². The van der Waals surface area contributed by atoms with E-state index in [1.54, 1.807) is 4.90 Å². The van der Waals surface area contributed by atoms with Crippen molar-refractivity contribution in [3.63, 3.8) is 0 Å². The van der Waals surface area contributed by atoms with Gasteiger partial charge in [-0.05, 0) is 29.2 Å². The third-order valence-electron chi connectivity index (χ3n) is 5.55. The van der Waals surface area contributed by atoms with Crippen LogP contribution in [0.3, 0.4) is 0 Å². The van der Waals surface area contributed by atoms with Crippen LogP contribution in [0.1, 0.15) is 43.0 Å². The number of carbonyl (C=O) groups is 1. The van der Waals surface area contributed by atoms with Crippen molar-refractivity contribution in [3.8, 4) is 0 Å². The molecule has 192 valence electrons. The number of rotatable bonds is 5. The van der Waals surface area contributed by atoms with E-state index in [0.29, 0.717) is 6.42 Å². The number of aliphatic hydroxyl groups is 1. The van der Waals surface area contributed by atoms with Gasteiger partial charge in [-0.15, -0.1) is 0 Å². The van der Waals surface area contributed by atoms with Crippen LogP contribution in [0.25, 0.3) is 0 Å². The van der Waals surface area contributed by atoms with Gasteiger partial charge in [-0.25, -0.2) is 0 Å². The fraction of sp³-hybridized carbons (Fsp3) is 0.267. The van der Waals surface area contributed by atoms with Crippen LogP contribution in [0.5, 0.6) is 0 Å². The number of hydrogen-bond acceptors (Lipinski definition) is 2. The topological polar surface area (TPSA) is 100 Å². The summed E-state index contributed by atoms with van der Waals surface area (Å²) in [4.78, 5) is 14.8. The zero-order valence-electron chi connectivity index (χ0n) is 21.6. The van der Waals surface area contributed by atoms with E-state index < -0.39 is 11.0 Å². The summed E-state index contributed by atoms with van der Waals surface area (Å²) in [6.07, 6.45) is 0.361. The van der Waals surface area contributed by atoms with Gasteiger partial charge in [0.1, 0.15) is 5.60 Å². The van der Waals surface area contributed by atoms with Crippen molar-refractivity contribution in [2.45, 2.75) is 39.7 Å². The van der Waals surface area contributed by atoms with Crippen molar-refractivity contribution in [1.82, 2.24) is 0 Å². The van der Waals surface area contributed by atoms with E-state index in [-0.39, 0.29) is 23.3 Å². The Kier molecular flexibility index (Phi) is 16.9. The largest absolute Gasteiger partial charge is 0 e. The van der Waals surface area contributed by atoms with Crippen LogP contribution in [0.15, 0.2) is 78.9 Å². The minimum Gasteiger partial charge on any atom is 0 e. The molecule has 1 N–H and O–H groups in total. The third-order valence-corrected chi connectivity index (χ3v) is 5.55. The second-order valence-electron chi connectivity index (χ2n) is 8.97. The summed E-state index contributed by atoms with van der Waals surface area (Å²) in [6, 6.07) is 25.5. The molecule has 0 aliphatic heterocycles. The van der Waals surface area contributed by atoms with Crippen molar-refractivity contribution in [1.29, 1.82) is 0 Å². The molecule has 0 bridgehead atoms. The van der Waals surface area contributed by atoms with Crippen LogP contribution in [-0.4, -0.2) is 18.1 Å². The molecular formula is C30H31CrNO5. The van der Waals surface area contributed by atoms with Gasteiger partial charge in [-0.3, -0.25) is 4.79 Å². The Morgan fingerprint density at radius 1 is 0.784 bits per heavy atom. The summed E-state index contributed by atoms with van der Waals surface area (Å²) in [5.41, 5.74) is 2.76. The number of amides is 1. The fourth-order valence-corrected chi connectivity index (χ4v) is 4.02. The summed E-state index contributed by atoms with van der Waals surface area (Å²) in [5.74, 6) is 0.0426. The van der Waals surface area contributed by atoms with Gasteiger partial charge in [0.15, 0.2) is 0 Å². The summed E-state index contributed by atoms with van der Waals surface area (Å²) in [5, 5.41) is 12.0. The number of hydrogen-bond donors (Lipinski definition) is 1. The molecule has 0 fully saturated rings. The molecule has 1 amide bonds. The van der Waals surface area contributed by atoms with E-state index in [0.717, 1.165) is 27.9 Å². The molecule has 3 aromatic rings. The molecule has 0 aromatic heterocycles. The number of anilines is 1.